The molecule has 0 spiro atoms. The number of hydrogen-bond acceptors (Lipinski definition) is 8. The Kier molecular flexibility index (Phi) is 11.3. The molecule has 10 nitrogen and oxygen atoms in total. The first-order chi connectivity index (χ1) is 15.8. The lowest BCUT2D eigenvalue weighted by molar-refractivity contribution is -0.126. The molecule has 2 aromatic rings. The minimum Gasteiger partial charge on any atom is -0.374 e. The van der Waals surface area contributed by atoms with Gasteiger partial charge in [-0.3, -0.25) is 9.59 Å². The van der Waals surface area contributed by atoms with Crippen LogP contribution in [0, 0.1) is 0 Å². The number of thioether (sulfide) groups is 1. The standard InChI is InChI=1S/C22H35N7O3S/c1-22(2,23)21(31)25-18(16-32-15-17-9-5-4-6-10-17)20-26-27-28-29(20)13-7-11-19(30)24-12-8-14-33-3/h4-6,9-10,18H,7-8,11-16,23H2,1-3H3,(H,24,30)(H,25,31)/t18-/m1/s1. The fourth-order valence-electron chi connectivity index (χ4n) is 2.94. The van der Waals surface area contributed by atoms with E-state index in [2.05, 4.69) is 26.2 Å². The van der Waals surface area contributed by atoms with E-state index >= 15 is 0 Å². The molecule has 0 saturated heterocycles. The SMILES string of the molecule is CSCCCNC(=O)CCCn1nnnc1[C@@H](COCc1ccccc1)NC(=O)C(C)(C)N. The van der Waals surface area contributed by atoms with Gasteiger partial charge in [0.15, 0.2) is 5.82 Å². The zero-order valence-corrected chi connectivity index (χ0v) is 20.4. The Labute approximate surface area is 199 Å². The number of nitrogens with two attached hydrogens (primary N) is 1. The van der Waals surface area contributed by atoms with Gasteiger partial charge in [-0.1, -0.05) is 30.3 Å². The van der Waals surface area contributed by atoms with Gasteiger partial charge in [0.05, 0.1) is 18.8 Å². The summed E-state index contributed by atoms with van der Waals surface area (Å²) in [5, 5.41) is 17.7. The van der Waals surface area contributed by atoms with Gasteiger partial charge in [-0.15, -0.1) is 5.10 Å². The van der Waals surface area contributed by atoms with Crippen LogP contribution in [-0.4, -0.2) is 62.7 Å². The van der Waals surface area contributed by atoms with E-state index in [-0.39, 0.29) is 18.4 Å². The van der Waals surface area contributed by atoms with E-state index in [1.807, 2.05) is 36.6 Å². The van der Waals surface area contributed by atoms with E-state index in [1.54, 1.807) is 30.3 Å². The monoisotopic (exact) mass is 477 g/mol. The summed E-state index contributed by atoms with van der Waals surface area (Å²) >= 11 is 1.76. The summed E-state index contributed by atoms with van der Waals surface area (Å²) in [5.74, 6) is 1.15. The highest BCUT2D eigenvalue weighted by Crippen LogP contribution is 2.14. The fraction of sp³-hybridized carbons (Fsp3) is 0.591. The summed E-state index contributed by atoms with van der Waals surface area (Å²) in [6, 6.07) is 9.16. The summed E-state index contributed by atoms with van der Waals surface area (Å²) in [6.07, 6.45) is 3.94. The van der Waals surface area contributed by atoms with Crippen molar-refractivity contribution in [2.24, 2.45) is 5.73 Å². The molecular formula is C22H35N7O3S. The van der Waals surface area contributed by atoms with E-state index in [0.29, 0.717) is 38.4 Å². The number of benzene rings is 1. The summed E-state index contributed by atoms with van der Waals surface area (Å²) in [6.45, 7) is 4.94. The van der Waals surface area contributed by atoms with Crippen LogP contribution in [0.2, 0.25) is 0 Å². The number of aromatic nitrogens is 4. The highest BCUT2D eigenvalue weighted by molar-refractivity contribution is 7.98. The molecule has 2 amide bonds. The van der Waals surface area contributed by atoms with Crippen molar-refractivity contribution in [3.63, 3.8) is 0 Å². The minimum atomic E-state index is -1.07. The molecule has 1 aromatic heterocycles. The van der Waals surface area contributed by atoms with Crippen LogP contribution in [0.4, 0.5) is 0 Å². The molecule has 11 heteroatoms. The number of carbonyl (C=O) groups is 2. The molecule has 0 radical (unpaired) electrons. The molecule has 182 valence electrons. The molecule has 1 aromatic carbocycles. The van der Waals surface area contributed by atoms with Crippen LogP contribution in [0.15, 0.2) is 30.3 Å². The second-order valence-electron chi connectivity index (χ2n) is 8.31. The smallest absolute Gasteiger partial charge is 0.240 e. The van der Waals surface area contributed by atoms with Crippen molar-refractivity contribution >= 4 is 23.6 Å². The lowest BCUT2D eigenvalue weighted by atomic mass is 10.1. The second-order valence-corrected chi connectivity index (χ2v) is 9.29. The molecular weight excluding hydrogens is 442 g/mol. The van der Waals surface area contributed by atoms with Crippen LogP contribution < -0.4 is 16.4 Å². The van der Waals surface area contributed by atoms with Gasteiger partial charge in [0.25, 0.3) is 0 Å². The van der Waals surface area contributed by atoms with E-state index in [4.69, 9.17) is 10.5 Å². The normalized spacial score (nSPS) is 12.4. The maximum Gasteiger partial charge on any atom is 0.240 e. The molecule has 33 heavy (non-hydrogen) atoms. The topological polar surface area (TPSA) is 137 Å². The van der Waals surface area contributed by atoms with Crippen LogP contribution >= 0.6 is 11.8 Å². The number of nitrogens with one attached hydrogen (secondary N) is 2. The Hall–Kier alpha value is -2.50. The van der Waals surface area contributed by atoms with Crippen molar-refractivity contribution < 1.29 is 14.3 Å². The summed E-state index contributed by atoms with van der Waals surface area (Å²) in [5.41, 5.74) is 5.91. The van der Waals surface area contributed by atoms with Crippen LogP contribution in [0.25, 0.3) is 0 Å². The third kappa shape index (κ3) is 9.89. The Bertz CT molecular complexity index is 855. The third-order valence-corrected chi connectivity index (χ3v) is 5.48. The van der Waals surface area contributed by atoms with Crippen LogP contribution in [-0.2, 0) is 27.5 Å². The molecule has 4 N–H and O–H groups in total. The molecule has 0 bridgehead atoms. The van der Waals surface area contributed by atoms with E-state index in [0.717, 1.165) is 17.7 Å². The lowest BCUT2D eigenvalue weighted by Gasteiger charge is -2.23. The largest absolute Gasteiger partial charge is 0.374 e. The molecule has 0 saturated carbocycles. The predicted molar refractivity (Wildman–Crippen MR) is 128 cm³/mol. The number of amides is 2. The lowest BCUT2D eigenvalue weighted by Crippen LogP contribution is -2.51. The predicted octanol–water partition coefficient (Wildman–Crippen LogP) is 1.43. The van der Waals surface area contributed by atoms with Crippen molar-refractivity contribution in [1.29, 1.82) is 0 Å². The maximum absolute atomic E-state index is 12.5. The average Bonchev–Trinajstić information content (AvgIpc) is 3.24. The number of ether oxygens (including phenoxy) is 1. The van der Waals surface area contributed by atoms with Gasteiger partial charge < -0.3 is 21.1 Å². The first kappa shape index (κ1) is 26.7. The summed E-state index contributed by atoms with van der Waals surface area (Å²) in [4.78, 5) is 24.6. The zero-order chi connectivity index (χ0) is 24.1. The van der Waals surface area contributed by atoms with E-state index in [1.165, 1.54) is 0 Å². The zero-order valence-electron chi connectivity index (χ0n) is 19.6. The molecule has 0 aliphatic carbocycles. The van der Waals surface area contributed by atoms with E-state index < -0.39 is 11.6 Å². The first-order valence-corrected chi connectivity index (χ1v) is 12.4. The van der Waals surface area contributed by atoms with Gasteiger partial charge in [-0.05, 0) is 54.7 Å². The Balaban J connectivity index is 1.96. The van der Waals surface area contributed by atoms with Gasteiger partial charge in [0.1, 0.15) is 6.04 Å². The van der Waals surface area contributed by atoms with Crippen molar-refractivity contribution in [2.75, 3.05) is 25.2 Å². The molecule has 1 heterocycles. The van der Waals surface area contributed by atoms with Crippen LogP contribution in [0.1, 0.15) is 50.5 Å². The molecule has 2 rings (SSSR count). The Morgan fingerprint density at radius 1 is 1.24 bits per heavy atom. The summed E-state index contributed by atoms with van der Waals surface area (Å²) in [7, 11) is 0. The Morgan fingerprint density at radius 3 is 2.70 bits per heavy atom. The van der Waals surface area contributed by atoms with Gasteiger partial charge in [0, 0.05) is 19.5 Å². The molecule has 0 aliphatic heterocycles. The van der Waals surface area contributed by atoms with Crippen LogP contribution in [0.3, 0.4) is 0 Å². The number of nitrogens with zero attached hydrogens (tertiary/aromatic N) is 4. The second kappa shape index (κ2) is 13.9. The highest BCUT2D eigenvalue weighted by Gasteiger charge is 2.28. The molecule has 0 aliphatic rings. The van der Waals surface area contributed by atoms with Gasteiger partial charge in [-0.25, -0.2) is 4.68 Å². The number of aryl methyl sites for hydroxylation is 1. The van der Waals surface area contributed by atoms with Crippen LogP contribution in [0.5, 0.6) is 0 Å². The van der Waals surface area contributed by atoms with Crippen molar-refractivity contribution in [3.05, 3.63) is 41.7 Å². The quantitative estimate of drug-likeness (QED) is 0.328. The third-order valence-electron chi connectivity index (χ3n) is 4.78. The van der Waals surface area contributed by atoms with Crippen molar-refractivity contribution in [1.82, 2.24) is 30.8 Å². The average molecular weight is 478 g/mol. The number of hydrogen-bond donors (Lipinski definition) is 3. The number of carbonyl (C=O) groups excluding carboxylic acids is 2. The number of rotatable bonds is 15. The van der Waals surface area contributed by atoms with Crippen molar-refractivity contribution in [2.45, 2.75) is 57.8 Å². The summed E-state index contributed by atoms with van der Waals surface area (Å²) < 4.78 is 7.45. The van der Waals surface area contributed by atoms with Crippen molar-refractivity contribution in [3.8, 4) is 0 Å². The molecule has 0 unspecified atom stereocenters. The Morgan fingerprint density at radius 2 is 2.00 bits per heavy atom. The highest BCUT2D eigenvalue weighted by atomic mass is 32.2. The van der Waals surface area contributed by atoms with Gasteiger partial charge in [-0.2, -0.15) is 11.8 Å². The van der Waals surface area contributed by atoms with Gasteiger partial charge in [0.2, 0.25) is 11.8 Å². The minimum absolute atomic E-state index is 0.00616. The van der Waals surface area contributed by atoms with Gasteiger partial charge >= 0.3 is 0 Å². The maximum atomic E-state index is 12.5. The van der Waals surface area contributed by atoms with E-state index in [9.17, 15) is 9.59 Å². The first-order valence-electron chi connectivity index (χ1n) is 11.0. The fourth-order valence-corrected chi connectivity index (χ4v) is 3.37. The number of tetrazole rings is 1. The molecule has 1 atom stereocenters. The molecule has 0 fully saturated rings.